The number of nitrogens with one attached hydrogen (secondary N) is 2. The number of pyridine rings is 1. The van der Waals surface area contributed by atoms with Crippen molar-refractivity contribution in [2.45, 2.75) is 17.7 Å². The molecule has 0 saturated carbocycles. The summed E-state index contributed by atoms with van der Waals surface area (Å²) in [5.74, 6) is 0.466. The average Bonchev–Trinajstić information content (AvgIpc) is 2.91. The number of sulfonamides is 1. The number of ether oxygens (including phenoxy) is 1. The maximum atomic E-state index is 12.2. The molecule has 0 bridgehead atoms. The maximum Gasteiger partial charge on any atom is 0.271 e. The van der Waals surface area contributed by atoms with Gasteiger partial charge < -0.3 is 10.1 Å². The van der Waals surface area contributed by atoms with Crippen LogP contribution in [0.25, 0.3) is 0 Å². The van der Waals surface area contributed by atoms with Gasteiger partial charge in [-0.15, -0.1) is 11.3 Å². The van der Waals surface area contributed by atoms with E-state index in [1.54, 1.807) is 18.2 Å². The minimum atomic E-state index is -3.58. The van der Waals surface area contributed by atoms with Gasteiger partial charge in [-0.2, -0.15) is 0 Å². The van der Waals surface area contributed by atoms with Crippen LogP contribution in [0.15, 0.2) is 34.0 Å². The zero-order valence-electron chi connectivity index (χ0n) is 11.8. The smallest absolute Gasteiger partial charge is 0.271 e. The molecule has 21 heavy (non-hydrogen) atoms. The summed E-state index contributed by atoms with van der Waals surface area (Å²) >= 11 is 1.19. The zero-order chi connectivity index (χ0) is 15.3. The Hall–Kier alpha value is -1.64. The third-order valence-electron chi connectivity index (χ3n) is 2.56. The molecule has 0 aromatic carbocycles. The van der Waals surface area contributed by atoms with Crippen LogP contribution in [0.1, 0.15) is 12.5 Å². The van der Waals surface area contributed by atoms with Crippen molar-refractivity contribution in [2.24, 2.45) is 0 Å². The molecule has 114 valence electrons. The lowest BCUT2D eigenvalue weighted by Gasteiger charge is -2.07. The Morgan fingerprint density at radius 3 is 2.81 bits per heavy atom. The van der Waals surface area contributed by atoms with E-state index < -0.39 is 10.0 Å². The average molecular weight is 327 g/mol. The van der Waals surface area contributed by atoms with Crippen molar-refractivity contribution in [2.75, 3.05) is 18.4 Å². The molecule has 6 nitrogen and oxygen atoms in total. The van der Waals surface area contributed by atoms with E-state index in [-0.39, 0.29) is 4.21 Å². The van der Waals surface area contributed by atoms with E-state index in [0.717, 1.165) is 5.56 Å². The van der Waals surface area contributed by atoms with Crippen molar-refractivity contribution in [1.29, 1.82) is 0 Å². The second kappa shape index (κ2) is 6.88. The first-order valence-electron chi connectivity index (χ1n) is 6.39. The summed E-state index contributed by atoms with van der Waals surface area (Å²) in [5, 5.41) is 4.81. The molecule has 2 heterocycles. The molecule has 0 unspecified atom stereocenters. The molecule has 2 rings (SSSR count). The van der Waals surface area contributed by atoms with Gasteiger partial charge in [0, 0.05) is 12.6 Å². The topological polar surface area (TPSA) is 80.3 Å². The summed E-state index contributed by atoms with van der Waals surface area (Å²) in [6.45, 7) is 3.01. The third-order valence-corrected chi connectivity index (χ3v) is 5.43. The van der Waals surface area contributed by atoms with Crippen LogP contribution in [-0.4, -0.2) is 27.1 Å². The van der Waals surface area contributed by atoms with Gasteiger partial charge in [0.1, 0.15) is 4.21 Å². The highest BCUT2D eigenvalue weighted by Crippen LogP contribution is 2.23. The fourth-order valence-electron chi connectivity index (χ4n) is 1.67. The van der Waals surface area contributed by atoms with Gasteiger partial charge in [-0.3, -0.25) is 4.72 Å². The molecule has 8 heteroatoms. The summed E-state index contributed by atoms with van der Waals surface area (Å²) in [6, 6.07) is 4.91. The number of thiophene rings is 1. The van der Waals surface area contributed by atoms with Crippen LogP contribution in [0.2, 0.25) is 0 Å². The lowest BCUT2D eigenvalue weighted by Crippen LogP contribution is -2.12. The van der Waals surface area contributed by atoms with Crippen LogP contribution < -0.4 is 14.8 Å². The van der Waals surface area contributed by atoms with Gasteiger partial charge in [0.05, 0.1) is 18.5 Å². The minimum absolute atomic E-state index is 0.279. The van der Waals surface area contributed by atoms with E-state index in [1.165, 1.54) is 17.5 Å². The van der Waals surface area contributed by atoms with Gasteiger partial charge in [0.25, 0.3) is 10.0 Å². The number of hydrogen-bond acceptors (Lipinski definition) is 6. The predicted molar refractivity (Wildman–Crippen MR) is 83.3 cm³/mol. The molecular formula is C13H17N3O3S2. The summed E-state index contributed by atoms with van der Waals surface area (Å²) in [6.07, 6.45) is 1.44. The van der Waals surface area contributed by atoms with E-state index in [9.17, 15) is 8.42 Å². The number of hydrogen-bond donors (Lipinski definition) is 2. The zero-order valence-corrected chi connectivity index (χ0v) is 13.4. The number of anilines is 1. The van der Waals surface area contributed by atoms with Crippen LogP contribution in [0.4, 0.5) is 5.69 Å². The van der Waals surface area contributed by atoms with Crippen molar-refractivity contribution < 1.29 is 13.2 Å². The van der Waals surface area contributed by atoms with E-state index >= 15 is 0 Å². The molecule has 0 fully saturated rings. The Morgan fingerprint density at radius 1 is 1.38 bits per heavy atom. The number of rotatable bonds is 7. The largest absolute Gasteiger partial charge is 0.478 e. The highest BCUT2D eigenvalue weighted by Gasteiger charge is 2.17. The molecule has 0 aliphatic heterocycles. The van der Waals surface area contributed by atoms with E-state index in [1.807, 2.05) is 19.4 Å². The normalized spacial score (nSPS) is 11.3. The van der Waals surface area contributed by atoms with Gasteiger partial charge in [-0.25, -0.2) is 13.4 Å². The van der Waals surface area contributed by atoms with Gasteiger partial charge in [0.15, 0.2) is 0 Å². The molecule has 2 N–H and O–H groups in total. The second-order valence-electron chi connectivity index (χ2n) is 4.23. The molecule has 0 radical (unpaired) electrons. The molecule has 0 saturated heterocycles. The lowest BCUT2D eigenvalue weighted by atomic mass is 10.3. The Morgan fingerprint density at radius 2 is 2.19 bits per heavy atom. The van der Waals surface area contributed by atoms with Crippen molar-refractivity contribution in [1.82, 2.24) is 10.3 Å². The van der Waals surface area contributed by atoms with Gasteiger partial charge in [-0.05, 0) is 37.0 Å². The Balaban J connectivity index is 2.12. The Labute approximate surface area is 128 Å². The minimum Gasteiger partial charge on any atom is -0.478 e. The predicted octanol–water partition coefficient (Wildman–Crippen LogP) is 2.06. The van der Waals surface area contributed by atoms with Crippen LogP contribution >= 0.6 is 11.3 Å². The first-order valence-corrected chi connectivity index (χ1v) is 8.75. The summed E-state index contributed by atoms with van der Waals surface area (Å²) in [7, 11) is -1.76. The van der Waals surface area contributed by atoms with Crippen LogP contribution in [-0.2, 0) is 16.6 Å². The Kier molecular flexibility index (Phi) is 5.16. The first-order chi connectivity index (χ1) is 10.0. The molecular weight excluding hydrogens is 310 g/mol. The summed E-state index contributed by atoms with van der Waals surface area (Å²) in [4.78, 5) is 4.03. The van der Waals surface area contributed by atoms with Crippen LogP contribution in [0.3, 0.4) is 0 Å². The van der Waals surface area contributed by atoms with Gasteiger partial charge in [0.2, 0.25) is 5.88 Å². The summed E-state index contributed by atoms with van der Waals surface area (Å²) in [5.41, 5.74) is 1.34. The van der Waals surface area contributed by atoms with Gasteiger partial charge >= 0.3 is 0 Å². The fourth-order valence-corrected chi connectivity index (χ4v) is 3.92. The Bertz CT molecular complexity index is 681. The number of aromatic nitrogens is 1. The molecule has 2 aromatic heterocycles. The SMILES string of the molecule is CCOc1ccc(NS(=O)(=O)c2cc(CNC)cs2)cn1. The molecule has 0 aliphatic carbocycles. The van der Waals surface area contributed by atoms with Crippen LogP contribution in [0.5, 0.6) is 5.88 Å². The highest BCUT2D eigenvalue weighted by molar-refractivity contribution is 7.94. The second-order valence-corrected chi connectivity index (χ2v) is 7.05. The molecule has 0 aliphatic rings. The standard InChI is InChI=1S/C13H17N3O3S2/c1-3-19-12-5-4-11(8-15-12)16-21(17,18)13-6-10(7-14-2)9-20-13/h4-6,8-9,14,16H,3,7H2,1-2H3. The third kappa shape index (κ3) is 4.16. The quantitative estimate of drug-likeness (QED) is 0.814. The van der Waals surface area contributed by atoms with E-state index in [2.05, 4.69) is 15.0 Å². The molecule has 0 atom stereocenters. The monoisotopic (exact) mass is 327 g/mol. The van der Waals surface area contributed by atoms with Gasteiger partial charge in [-0.1, -0.05) is 0 Å². The maximum absolute atomic E-state index is 12.2. The fraction of sp³-hybridized carbons (Fsp3) is 0.308. The van der Waals surface area contributed by atoms with Crippen LogP contribution in [0, 0.1) is 0 Å². The lowest BCUT2D eigenvalue weighted by molar-refractivity contribution is 0.327. The van der Waals surface area contributed by atoms with Crippen molar-refractivity contribution in [3.05, 3.63) is 35.3 Å². The molecule has 2 aromatic rings. The van der Waals surface area contributed by atoms with E-state index in [4.69, 9.17) is 4.74 Å². The molecule has 0 spiro atoms. The van der Waals surface area contributed by atoms with Crippen molar-refractivity contribution in [3.63, 3.8) is 0 Å². The molecule has 0 amide bonds. The highest BCUT2D eigenvalue weighted by atomic mass is 32.2. The first kappa shape index (κ1) is 15.7. The van der Waals surface area contributed by atoms with Crippen molar-refractivity contribution >= 4 is 27.0 Å². The number of nitrogens with zero attached hydrogens (tertiary/aromatic N) is 1. The van der Waals surface area contributed by atoms with Crippen molar-refractivity contribution in [3.8, 4) is 5.88 Å². The van der Waals surface area contributed by atoms with E-state index in [0.29, 0.717) is 24.7 Å². The summed E-state index contributed by atoms with van der Waals surface area (Å²) < 4.78 is 32.5.